The highest BCUT2D eigenvalue weighted by Crippen LogP contribution is 2.38. The van der Waals surface area contributed by atoms with Crippen LogP contribution in [-0.4, -0.2) is 143 Å². The Bertz CT molecular complexity index is 2360. The number of rotatable bonds is 28. The van der Waals surface area contributed by atoms with Gasteiger partial charge in [-0.15, -0.1) is 0 Å². The maximum absolute atomic E-state index is 14.1. The molecule has 1 aliphatic heterocycles. The molecule has 0 unspecified atom stereocenters. The van der Waals surface area contributed by atoms with E-state index in [0.29, 0.717) is 62.5 Å². The number of phosphoric ester groups is 1. The Morgan fingerprint density at radius 1 is 0.914 bits per heavy atom. The number of aromatic carboxylic acids is 1. The van der Waals surface area contributed by atoms with E-state index in [4.69, 9.17) is 15.7 Å². The van der Waals surface area contributed by atoms with Crippen LogP contribution < -0.4 is 27.0 Å². The molecule has 3 aromatic rings. The minimum atomic E-state index is -5.14. The lowest BCUT2D eigenvalue weighted by Crippen LogP contribution is -2.61. The van der Waals surface area contributed by atoms with E-state index in [1.165, 1.54) is 36.4 Å². The summed E-state index contributed by atoms with van der Waals surface area (Å²) in [5.74, 6) is -6.07. The van der Waals surface area contributed by atoms with Gasteiger partial charge in [-0.05, 0) is 75.6 Å². The van der Waals surface area contributed by atoms with Gasteiger partial charge in [0.25, 0.3) is 0 Å². The first-order chi connectivity index (χ1) is 33.2. The molecule has 1 saturated heterocycles. The number of aliphatic hydroxyl groups is 1. The van der Waals surface area contributed by atoms with Crippen LogP contribution in [0.2, 0.25) is 0 Å². The Kier molecular flexibility index (Phi) is 21.6. The van der Waals surface area contributed by atoms with Gasteiger partial charge >= 0.3 is 13.8 Å². The molecule has 1 aliphatic rings. The number of benzene rings is 1. The van der Waals surface area contributed by atoms with Crippen LogP contribution in [0.3, 0.4) is 0 Å². The maximum atomic E-state index is 14.1. The number of imidazole rings is 1. The fourth-order valence-corrected chi connectivity index (χ4v) is 8.18. The Balaban J connectivity index is 1.40. The summed E-state index contributed by atoms with van der Waals surface area (Å²) in [6.45, 7) is 6.24. The van der Waals surface area contributed by atoms with Crippen LogP contribution in [-0.2, 0) is 55.7 Å². The van der Waals surface area contributed by atoms with Crippen molar-refractivity contribution < 1.29 is 67.5 Å². The third kappa shape index (κ3) is 17.7. The molecule has 0 aliphatic carbocycles. The van der Waals surface area contributed by atoms with Crippen molar-refractivity contribution in [1.29, 1.82) is 0 Å². The lowest BCUT2D eigenvalue weighted by Gasteiger charge is -2.28. The van der Waals surface area contributed by atoms with Gasteiger partial charge in [0.05, 0.1) is 42.2 Å². The molecule has 3 heterocycles. The summed E-state index contributed by atoms with van der Waals surface area (Å²) < 4.78 is 17.7. The Hall–Kier alpha value is -6.59. The summed E-state index contributed by atoms with van der Waals surface area (Å²) in [6, 6.07) is 4.78. The highest BCUT2D eigenvalue weighted by atomic mass is 31.2. The first-order valence-corrected chi connectivity index (χ1v) is 24.3. The van der Waals surface area contributed by atoms with Crippen molar-refractivity contribution in [2.75, 3.05) is 19.8 Å². The highest BCUT2D eigenvalue weighted by molar-refractivity contribution is 7.46. The van der Waals surface area contributed by atoms with Crippen LogP contribution in [0.25, 0.3) is 11.3 Å². The Labute approximate surface area is 404 Å². The van der Waals surface area contributed by atoms with Gasteiger partial charge in [0.1, 0.15) is 36.8 Å². The number of aromatic nitrogens is 3. The second kappa shape index (κ2) is 27.0. The van der Waals surface area contributed by atoms with Crippen molar-refractivity contribution in [1.82, 2.24) is 40.7 Å². The predicted molar refractivity (Wildman–Crippen MR) is 251 cm³/mol. The summed E-state index contributed by atoms with van der Waals surface area (Å²) >= 11 is 0. The number of phosphoric acid groups is 1. The van der Waals surface area contributed by atoms with Gasteiger partial charge in [0, 0.05) is 43.9 Å². The topological polar surface area (TPSA) is 356 Å². The summed E-state index contributed by atoms with van der Waals surface area (Å²) in [7, 11) is -5.14. The number of carbonyl (C=O) groups is 7. The lowest BCUT2D eigenvalue weighted by atomic mass is 10.0. The number of carboxylic acids is 1. The summed E-state index contributed by atoms with van der Waals surface area (Å²) in [4.78, 5) is 125. The van der Waals surface area contributed by atoms with E-state index in [-0.39, 0.29) is 30.2 Å². The second-order valence-electron chi connectivity index (χ2n) is 17.2. The molecule has 24 nitrogen and oxygen atoms in total. The minimum Gasteiger partial charge on any atom is -0.478 e. The molecular weight excluding hydrogens is 936 g/mol. The number of nitrogens with one attached hydrogen (secondary N) is 4. The zero-order valence-electron chi connectivity index (χ0n) is 39.4. The third-order valence-corrected chi connectivity index (χ3v) is 11.8. The van der Waals surface area contributed by atoms with Crippen LogP contribution in [0.15, 0.2) is 60.1 Å². The van der Waals surface area contributed by atoms with Crippen LogP contribution in [0.5, 0.6) is 0 Å². The van der Waals surface area contributed by atoms with E-state index < -0.39 is 86.2 Å². The van der Waals surface area contributed by atoms with Crippen molar-refractivity contribution in [2.45, 2.75) is 122 Å². The number of carbonyl (C=O) groups excluding carboxylic acids is 6. The number of nitrogens with zero attached hydrogens (tertiary/aromatic N) is 5. The van der Waals surface area contributed by atoms with Crippen LogP contribution >= 0.6 is 7.82 Å². The molecule has 0 bridgehead atoms. The quantitative estimate of drug-likeness (QED) is 0.0210. The lowest BCUT2D eigenvalue weighted by molar-refractivity contribution is -0.139. The van der Waals surface area contributed by atoms with Gasteiger partial charge in [-0.25, -0.2) is 19.3 Å². The van der Waals surface area contributed by atoms with E-state index in [9.17, 15) is 53.0 Å². The number of hydrogen-bond acceptors (Lipinski definition) is 14. The summed E-state index contributed by atoms with van der Waals surface area (Å²) in [6.07, 6.45) is 6.78. The normalized spacial score (nSPS) is 15.9. The Morgan fingerprint density at radius 2 is 1.59 bits per heavy atom. The zero-order chi connectivity index (χ0) is 51.5. The highest BCUT2D eigenvalue weighted by Gasteiger charge is 2.37. The summed E-state index contributed by atoms with van der Waals surface area (Å²) in [5.41, 5.74) is 7.97. The molecule has 382 valence electrons. The standard InChI is InChI=1S/C45H63N10O14P/c1-27(2)21-35(51-44(62)38-13-10-19-55(38)29(4)57)41(59)50-36(42(60)52-37(25-56)43(61)53-39(40(46)58)28(3)69-70(65,66)67)22-33-24-47-26-54(33)18-7-5-6-8-20-68-48-23-32-11-9-12-34(49-32)30-14-16-31(17-15-30)45(63)64/h9,11-12,14-17,23-24,26-28,35-39,56H,5-8,10,13,18-22,25H2,1-4H3,(H2,46,58)(H,50,59)(H,51,62)(H,52,60)(H,53,61)(H,63,64)(H2,65,66,67)/b48-23+/t28-,35+,36+,37+,38+,39+/m1/s1. The smallest absolute Gasteiger partial charge is 0.469 e. The van der Waals surface area contributed by atoms with Gasteiger partial charge in [-0.1, -0.05) is 43.6 Å². The van der Waals surface area contributed by atoms with Gasteiger partial charge in [0.2, 0.25) is 35.4 Å². The molecule has 25 heteroatoms. The number of pyridine rings is 1. The number of unbranched alkanes of at least 4 members (excludes halogenated alkanes) is 3. The minimum absolute atomic E-state index is 0.117. The van der Waals surface area contributed by atoms with Gasteiger partial charge < -0.3 is 61.3 Å². The monoisotopic (exact) mass is 998 g/mol. The molecule has 6 atom stereocenters. The molecule has 2 aromatic heterocycles. The molecule has 6 amide bonds. The molecule has 0 saturated carbocycles. The van der Waals surface area contributed by atoms with E-state index in [1.54, 1.807) is 41.2 Å². The molecule has 0 spiro atoms. The molecular formula is C45H63N10O14P. The number of aliphatic hydroxyl groups excluding tert-OH is 1. The number of carboxylic acid groups (broad SMARTS) is 1. The van der Waals surface area contributed by atoms with Crippen molar-refractivity contribution >= 4 is 55.4 Å². The number of likely N-dealkylation sites (tertiary alicyclic amines) is 1. The van der Waals surface area contributed by atoms with Crippen LogP contribution in [0, 0.1) is 5.92 Å². The third-order valence-electron chi connectivity index (χ3n) is 11.2. The van der Waals surface area contributed by atoms with E-state index in [0.717, 1.165) is 25.3 Å². The first-order valence-electron chi connectivity index (χ1n) is 22.7. The van der Waals surface area contributed by atoms with Crippen molar-refractivity contribution in [2.24, 2.45) is 16.8 Å². The fraction of sp³-hybridized carbons (Fsp3) is 0.511. The fourth-order valence-electron chi connectivity index (χ4n) is 7.63. The number of aryl methyl sites for hydroxylation is 1. The number of nitrogens with two attached hydrogens (primary N) is 1. The van der Waals surface area contributed by atoms with Gasteiger partial charge in [0.15, 0.2) is 0 Å². The largest absolute Gasteiger partial charge is 0.478 e. The maximum Gasteiger partial charge on any atom is 0.469 e. The molecule has 4 rings (SSSR count). The van der Waals surface area contributed by atoms with E-state index in [1.807, 2.05) is 13.8 Å². The summed E-state index contributed by atoms with van der Waals surface area (Å²) in [5, 5.41) is 33.3. The zero-order valence-corrected chi connectivity index (χ0v) is 40.3. The Morgan fingerprint density at radius 3 is 2.23 bits per heavy atom. The van der Waals surface area contributed by atoms with Gasteiger partial charge in [-0.2, -0.15) is 0 Å². The van der Waals surface area contributed by atoms with Gasteiger partial charge in [-0.3, -0.25) is 33.3 Å². The number of amides is 6. The number of hydrogen-bond donors (Lipinski definition) is 9. The molecule has 0 radical (unpaired) electrons. The average molecular weight is 999 g/mol. The molecule has 1 aromatic carbocycles. The first kappa shape index (κ1) is 56.0. The number of primary amides is 1. The molecule has 1 fully saturated rings. The molecule has 70 heavy (non-hydrogen) atoms. The van der Waals surface area contributed by atoms with E-state index >= 15 is 0 Å². The predicted octanol–water partition coefficient (Wildman–Crippen LogP) is 0.769. The van der Waals surface area contributed by atoms with Crippen LogP contribution in [0.4, 0.5) is 0 Å². The SMILES string of the molecule is CC(=O)N1CCC[C@H]1C(=O)N[C@@H](CC(C)C)C(=O)N[C@@H](Cc1cncn1CCCCCCO/N=C/c1cccc(-c2ccc(C(=O)O)cc2)n1)C(=O)N[C@@H](CO)C(=O)N[C@H](C(N)=O)[C@@H](C)OP(=O)(O)O. The van der Waals surface area contributed by atoms with Crippen molar-refractivity contribution in [3.8, 4) is 11.3 Å². The number of oxime groups is 1. The van der Waals surface area contributed by atoms with Crippen LogP contribution in [0.1, 0.15) is 94.4 Å². The average Bonchev–Trinajstić information content (AvgIpc) is 3.98. The molecule has 10 N–H and O–H groups in total. The van der Waals surface area contributed by atoms with Crippen molar-refractivity contribution in [3.63, 3.8) is 0 Å². The second-order valence-corrected chi connectivity index (χ2v) is 18.3. The van der Waals surface area contributed by atoms with Crippen molar-refractivity contribution in [3.05, 3.63) is 71.9 Å². The van der Waals surface area contributed by atoms with E-state index in [2.05, 4.69) is 40.9 Å².